The van der Waals surface area contributed by atoms with E-state index in [1.807, 2.05) is 6.92 Å². The van der Waals surface area contributed by atoms with Crippen LogP contribution in [0.25, 0.3) is 0 Å². The first kappa shape index (κ1) is 12.8. The van der Waals surface area contributed by atoms with Crippen LogP contribution in [-0.4, -0.2) is 34.6 Å². The lowest BCUT2D eigenvalue weighted by molar-refractivity contribution is -0.122. The van der Waals surface area contributed by atoms with Gasteiger partial charge in [0.1, 0.15) is 11.6 Å². The minimum Gasteiger partial charge on any atom is -0.444 e. The fraction of sp³-hybridized carbons (Fsp3) is 0.818. The Balaban J connectivity index is 2.76. The molecule has 0 aromatic rings. The predicted molar refractivity (Wildman–Crippen MR) is 59.8 cm³/mol. The lowest BCUT2D eigenvalue weighted by atomic mass is 10.2. The normalized spacial score (nSPS) is 25.6. The van der Waals surface area contributed by atoms with E-state index in [1.54, 1.807) is 20.8 Å². The first-order valence-electron chi connectivity index (χ1n) is 5.53. The van der Waals surface area contributed by atoms with Crippen LogP contribution in [0.15, 0.2) is 0 Å². The van der Waals surface area contributed by atoms with Crippen molar-refractivity contribution in [2.24, 2.45) is 5.73 Å². The molecule has 0 aromatic heterocycles. The smallest absolute Gasteiger partial charge is 0.411 e. The third kappa shape index (κ3) is 2.87. The average Bonchev–Trinajstić information content (AvgIpc) is 2.43. The van der Waals surface area contributed by atoms with Gasteiger partial charge in [-0.2, -0.15) is 0 Å². The van der Waals surface area contributed by atoms with Crippen LogP contribution >= 0.6 is 0 Å². The highest BCUT2D eigenvalue weighted by Crippen LogP contribution is 2.25. The molecular formula is C11H20N2O3. The molecule has 0 aliphatic carbocycles. The Labute approximate surface area is 95.9 Å². The van der Waals surface area contributed by atoms with Crippen LogP contribution in [0.5, 0.6) is 0 Å². The number of carbonyl (C=O) groups excluding carboxylic acids is 2. The number of primary amides is 1. The van der Waals surface area contributed by atoms with Crippen molar-refractivity contribution in [1.82, 2.24) is 4.90 Å². The molecule has 2 N–H and O–H groups in total. The van der Waals surface area contributed by atoms with Gasteiger partial charge in [-0.25, -0.2) is 4.79 Å². The van der Waals surface area contributed by atoms with Gasteiger partial charge in [0, 0.05) is 6.04 Å². The number of nitrogens with zero attached hydrogens (tertiary/aromatic N) is 1. The van der Waals surface area contributed by atoms with E-state index in [0.29, 0.717) is 6.42 Å². The molecule has 0 spiro atoms. The summed E-state index contributed by atoms with van der Waals surface area (Å²) in [5.41, 5.74) is 4.71. The summed E-state index contributed by atoms with van der Waals surface area (Å²) in [5.74, 6) is -0.463. The Kier molecular flexibility index (Phi) is 3.45. The summed E-state index contributed by atoms with van der Waals surface area (Å²) >= 11 is 0. The number of hydrogen-bond acceptors (Lipinski definition) is 3. The summed E-state index contributed by atoms with van der Waals surface area (Å²) < 4.78 is 5.25. The summed E-state index contributed by atoms with van der Waals surface area (Å²) in [5, 5.41) is 0. The van der Waals surface area contributed by atoms with Crippen LogP contribution in [0.3, 0.4) is 0 Å². The first-order chi connectivity index (χ1) is 7.22. The summed E-state index contributed by atoms with van der Waals surface area (Å²) in [6.07, 6.45) is 0.948. The quantitative estimate of drug-likeness (QED) is 0.734. The van der Waals surface area contributed by atoms with Gasteiger partial charge in [0.2, 0.25) is 5.91 Å². The zero-order chi connectivity index (χ0) is 12.5. The van der Waals surface area contributed by atoms with E-state index in [2.05, 4.69) is 0 Å². The highest BCUT2D eigenvalue weighted by Gasteiger charge is 2.39. The fourth-order valence-electron chi connectivity index (χ4n) is 1.89. The standard InChI is InChI=1S/C11H20N2O3/c1-7-5-6-8(9(12)14)13(7)10(15)16-11(2,3)4/h7-8H,5-6H2,1-4H3,(H2,12,14)/t7?,8-/m0/s1. The van der Waals surface area contributed by atoms with Crippen LogP contribution in [0.2, 0.25) is 0 Å². The van der Waals surface area contributed by atoms with Gasteiger partial charge in [0.25, 0.3) is 0 Å². The van der Waals surface area contributed by atoms with Crippen molar-refractivity contribution >= 4 is 12.0 Å². The van der Waals surface area contributed by atoms with E-state index < -0.39 is 23.6 Å². The molecule has 0 saturated carbocycles. The van der Waals surface area contributed by atoms with Crippen molar-refractivity contribution in [3.63, 3.8) is 0 Å². The van der Waals surface area contributed by atoms with Crippen LogP contribution in [0.1, 0.15) is 40.5 Å². The van der Waals surface area contributed by atoms with Crippen molar-refractivity contribution in [2.45, 2.75) is 58.2 Å². The number of nitrogens with two attached hydrogens (primary N) is 1. The number of ether oxygens (including phenoxy) is 1. The first-order valence-corrected chi connectivity index (χ1v) is 5.53. The summed E-state index contributed by atoms with van der Waals surface area (Å²) in [6, 6.07) is -0.516. The average molecular weight is 228 g/mol. The fourth-order valence-corrected chi connectivity index (χ4v) is 1.89. The summed E-state index contributed by atoms with van der Waals surface area (Å²) in [7, 11) is 0. The maximum atomic E-state index is 11.9. The van der Waals surface area contributed by atoms with Crippen LogP contribution < -0.4 is 5.73 Å². The maximum absolute atomic E-state index is 11.9. The second-order valence-electron chi connectivity index (χ2n) is 5.23. The minimum atomic E-state index is -0.554. The van der Waals surface area contributed by atoms with E-state index in [-0.39, 0.29) is 6.04 Å². The number of carbonyl (C=O) groups is 2. The van der Waals surface area contributed by atoms with Crippen molar-refractivity contribution in [1.29, 1.82) is 0 Å². The Bertz CT molecular complexity index is 296. The van der Waals surface area contributed by atoms with E-state index in [0.717, 1.165) is 6.42 Å². The van der Waals surface area contributed by atoms with Gasteiger partial charge >= 0.3 is 6.09 Å². The van der Waals surface area contributed by atoms with Crippen molar-refractivity contribution < 1.29 is 14.3 Å². The molecule has 0 radical (unpaired) electrons. The van der Waals surface area contributed by atoms with Crippen molar-refractivity contribution in [2.75, 3.05) is 0 Å². The molecule has 1 aliphatic heterocycles. The number of rotatable bonds is 1. The molecule has 1 saturated heterocycles. The molecule has 1 rings (SSSR count). The lowest BCUT2D eigenvalue weighted by Gasteiger charge is -2.29. The summed E-state index contributed by atoms with van der Waals surface area (Å²) in [6.45, 7) is 7.29. The highest BCUT2D eigenvalue weighted by molar-refractivity contribution is 5.85. The van der Waals surface area contributed by atoms with E-state index in [4.69, 9.17) is 10.5 Å². The van der Waals surface area contributed by atoms with Gasteiger partial charge in [0.05, 0.1) is 0 Å². The van der Waals surface area contributed by atoms with E-state index >= 15 is 0 Å². The largest absolute Gasteiger partial charge is 0.444 e. The van der Waals surface area contributed by atoms with Gasteiger partial charge < -0.3 is 10.5 Å². The Morgan fingerprint density at radius 3 is 2.31 bits per heavy atom. The molecule has 1 unspecified atom stereocenters. The molecule has 5 heteroatoms. The summed E-state index contributed by atoms with van der Waals surface area (Å²) in [4.78, 5) is 24.5. The third-order valence-electron chi connectivity index (χ3n) is 2.60. The van der Waals surface area contributed by atoms with E-state index in [1.165, 1.54) is 4.90 Å². The van der Waals surface area contributed by atoms with E-state index in [9.17, 15) is 9.59 Å². The zero-order valence-corrected chi connectivity index (χ0v) is 10.3. The molecule has 16 heavy (non-hydrogen) atoms. The molecule has 2 atom stereocenters. The monoisotopic (exact) mass is 228 g/mol. The Morgan fingerprint density at radius 1 is 1.31 bits per heavy atom. The van der Waals surface area contributed by atoms with Crippen LogP contribution in [0, 0.1) is 0 Å². The van der Waals surface area contributed by atoms with Gasteiger partial charge in [0.15, 0.2) is 0 Å². The maximum Gasteiger partial charge on any atom is 0.411 e. The molecule has 1 aliphatic rings. The SMILES string of the molecule is CC1CC[C@@H](C(N)=O)N1C(=O)OC(C)(C)C. The Hall–Kier alpha value is -1.26. The zero-order valence-electron chi connectivity index (χ0n) is 10.3. The van der Waals surface area contributed by atoms with Crippen LogP contribution in [0.4, 0.5) is 4.79 Å². The van der Waals surface area contributed by atoms with Gasteiger partial charge in [-0.05, 0) is 40.5 Å². The molecule has 1 fully saturated rings. The van der Waals surface area contributed by atoms with Crippen LogP contribution in [-0.2, 0) is 9.53 Å². The van der Waals surface area contributed by atoms with Crippen molar-refractivity contribution in [3.05, 3.63) is 0 Å². The second-order valence-corrected chi connectivity index (χ2v) is 5.23. The topological polar surface area (TPSA) is 72.6 Å². The molecule has 5 nitrogen and oxygen atoms in total. The number of hydrogen-bond donors (Lipinski definition) is 1. The van der Waals surface area contributed by atoms with Crippen molar-refractivity contribution in [3.8, 4) is 0 Å². The Morgan fingerprint density at radius 2 is 1.88 bits per heavy atom. The molecule has 92 valence electrons. The van der Waals surface area contributed by atoms with Gasteiger partial charge in [-0.15, -0.1) is 0 Å². The predicted octanol–water partition coefficient (Wildman–Crippen LogP) is 1.26. The highest BCUT2D eigenvalue weighted by atomic mass is 16.6. The molecule has 2 amide bonds. The minimum absolute atomic E-state index is 0.00681. The number of likely N-dealkylation sites (tertiary alicyclic amines) is 1. The number of amides is 2. The molecule has 1 heterocycles. The van der Waals surface area contributed by atoms with Gasteiger partial charge in [-0.1, -0.05) is 0 Å². The third-order valence-corrected chi connectivity index (χ3v) is 2.60. The second kappa shape index (κ2) is 4.31. The molecule has 0 bridgehead atoms. The molecule has 0 aromatic carbocycles. The van der Waals surface area contributed by atoms with Gasteiger partial charge in [-0.3, -0.25) is 9.69 Å². The lowest BCUT2D eigenvalue weighted by Crippen LogP contribution is -2.48. The molecular weight excluding hydrogens is 208 g/mol.